The molecule has 7 nitrogen and oxygen atoms in total. The number of nitrogens with zero attached hydrogens (tertiary/aromatic N) is 3. The zero-order valence-electron chi connectivity index (χ0n) is 19.9. The summed E-state index contributed by atoms with van der Waals surface area (Å²) in [6.07, 6.45) is -4.54. The molecule has 2 aromatic heterocycles. The summed E-state index contributed by atoms with van der Waals surface area (Å²) in [5.41, 5.74) is 2.35. The van der Waals surface area contributed by atoms with Crippen molar-refractivity contribution >= 4 is 17.6 Å². The minimum atomic E-state index is -4.54. The molecule has 2 N–H and O–H groups in total. The molecule has 0 bridgehead atoms. The zero-order valence-corrected chi connectivity index (χ0v) is 19.9. The van der Waals surface area contributed by atoms with E-state index in [4.69, 9.17) is 0 Å². The average Bonchev–Trinajstić information content (AvgIpc) is 3.28. The number of carboxylic acid groups (broad SMARTS) is 1. The van der Waals surface area contributed by atoms with Crippen LogP contribution in [0.2, 0.25) is 0 Å². The van der Waals surface area contributed by atoms with Crippen LogP contribution in [0.4, 0.5) is 18.9 Å². The van der Waals surface area contributed by atoms with Crippen molar-refractivity contribution in [3.8, 4) is 11.4 Å². The number of benzene rings is 2. The molecule has 4 aromatic rings. The lowest BCUT2D eigenvalue weighted by Crippen LogP contribution is -2.15. The van der Waals surface area contributed by atoms with Crippen molar-refractivity contribution in [2.75, 3.05) is 5.32 Å². The number of halogens is 3. The predicted octanol–water partition coefficient (Wildman–Crippen LogP) is 5.87. The van der Waals surface area contributed by atoms with E-state index in [1.54, 1.807) is 58.0 Å². The van der Waals surface area contributed by atoms with E-state index >= 15 is 0 Å². The molecule has 0 aliphatic rings. The number of aromatic carboxylic acids is 1. The number of hydrogen-bond donors (Lipinski definition) is 2. The summed E-state index contributed by atoms with van der Waals surface area (Å²) in [7, 11) is 0. The molecule has 0 unspecified atom stereocenters. The van der Waals surface area contributed by atoms with Crippen LogP contribution in [-0.4, -0.2) is 31.3 Å². The molecule has 0 aliphatic heterocycles. The molecule has 2 heterocycles. The molecule has 0 atom stereocenters. The molecule has 0 spiro atoms. The molecule has 2 aromatic carbocycles. The number of nitrogens with one attached hydrogen (secondary N) is 1. The number of hydrogen-bond acceptors (Lipinski definition) is 3. The first-order valence-electron chi connectivity index (χ1n) is 11.0. The largest absolute Gasteiger partial charge is 0.478 e. The highest BCUT2D eigenvalue weighted by atomic mass is 19.4. The highest BCUT2D eigenvalue weighted by molar-refractivity contribution is 6.05. The van der Waals surface area contributed by atoms with Crippen molar-refractivity contribution in [2.24, 2.45) is 0 Å². The second-order valence-corrected chi connectivity index (χ2v) is 8.40. The summed E-state index contributed by atoms with van der Waals surface area (Å²) < 4.78 is 43.6. The standard InChI is InChI=1S/C26H23F3N4O3/c1-14-13-20(16(3)32(14)22-8-6-5-7-21(22)26(27,28)29)24(34)30-18-9-11-19(12-10-18)33-17(4)23(25(35)36)15(2)31-33/h5-13H,1-4H3,(H,30,34)(H,35,36). The Hall–Kier alpha value is -4.34. The van der Waals surface area contributed by atoms with Crippen molar-refractivity contribution in [1.29, 1.82) is 0 Å². The van der Waals surface area contributed by atoms with Gasteiger partial charge >= 0.3 is 12.1 Å². The van der Waals surface area contributed by atoms with Crippen LogP contribution >= 0.6 is 0 Å². The van der Waals surface area contributed by atoms with Gasteiger partial charge in [0, 0.05) is 17.1 Å². The Morgan fingerprint density at radius 1 is 0.944 bits per heavy atom. The minimum Gasteiger partial charge on any atom is -0.478 e. The molecule has 0 saturated carbocycles. The van der Waals surface area contributed by atoms with Crippen LogP contribution in [0.1, 0.15) is 49.1 Å². The fourth-order valence-electron chi connectivity index (χ4n) is 4.36. The van der Waals surface area contributed by atoms with Crippen molar-refractivity contribution in [3.05, 3.63) is 94.1 Å². The van der Waals surface area contributed by atoms with E-state index in [0.717, 1.165) is 6.07 Å². The Morgan fingerprint density at radius 3 is 2.17 bits per heavy atom. The summed E-state index contributed by atoms with van der Waals surface area (Å²) in [4.78, 5) is 24.5. The van der Waals surface area contributed by atoms with Gasteiger partial charge in [-0.05, 0) is 70.2 Å². The summed E-state index contributed by atoms with van der Waals surface area (Å²) >= 11 is 0. The second kappa shape index (κ2) is 9.03. The van der Waals surface area contributed by atoms with E-state index in [9.17, 15) is 27.9 Å². The van der Waals surface area contributed by atoms with Gasteiger partial charge < -0.3 is 15.0 Å². The number of anilines is 1. The maximum atomic E-state index is 13.6. The van der Waals surface area contributed by atoms with E-state index in [1.165, 1.54) is 27.4 Å². The third-order valence-corrected chi connectivity index (χ3v) is 6.00. The van der Waals surface area contributed by atoms with E-state index in [1.807, 2.05) is 0 Å². The van der Waals surface area contributed by atoms with Gasteiger partial charge in [-0.3, -0.25) is 4.79 Å². The minimum absolute atomic E-state index is 0.0472. The Morgan fingerprint density at radius 2 is 1.58 bits per heavy atom. The van der Waals surface area contributed by atoms with Gasteiger partial charge in [0.1, 0.15) is 5.56 Å². The Kier molecular flexibility index (Phi) is 6.21. The van der Waals surface area contributed by atoms with Crippen LogP contribution in [0, 0.1) is 27.7 Å². The Balaban J connectivity index is 1.61. The van der Waals surface area contributed by atoms with Gasteiger partial charge in [-0.1, -0.05) is 12.1 Å². The molecule has 4 rings (SSSR count). The average molecular weight is 496 g/mol. The molecule has 36 heavy (non-hydrogen) atoms. The van der Waals surface area contributed by atoms with Crippen LogP contribution in [0.15, 0.2) is 54.6 Å². The van der Waals surface area contributed by atoms with Crippen LogP contribution in [0.3, 0.4) is 0 Å². The molecule has 1 amide bonds. The maximum absolute atomic E-state index is 13.6. The highest BCUT2D eigenvalue weighted by Crippen LogP contribution is 2.35. The Labute approximate surface area is 204 Å². The van der Waals surface area contributed by atoms with Gasteiger partial charge in [-0.2, -0.15) is 18.3 Å². The highest BCUT2D eigenvalue weighted by Gasteiger charge is 2.34. The number of aryl methyl sites for hydroxylation is 2. The van der Waals surface area contributed by atoms with Crippen LogP contribution in [-0.2, 0) is 6.18 Å². The lowest BCUT2D eigenvalue weighted by atomic mass is 10.1. The van der Waals surface area contributed by atoms with Gasteiger partial charge in [0.25, 0.3) is 5.91 Å². The smallest absolute Gasteiger partial charge is 0.418 e. The van der Waals surface area contributed by atoms with Crippen molar-refractivity contribution in [1.82, 2.24) is 14.3 Å². The van der Waals surface area contributed by atoms with E-state index in [2.05, 4.69) is 10.4 Å². The number of para-hydroxylation sites is 1. The van der Waals surface area contributed by atoms with Gasteiger partial charge in [0.2, 0.25) is 0 Å². The molecule has 0 radical (unpaired) electrons. The molecule has 0 saturated heterocycles. The monoisotopic (exact) mass is 496 g/mol. The first-order chi connectivity index (χ1) is 16.9. The van der Waals surface area contributed by atoms with Crippen molar-refractivity contribution in [3.63, 3.8) is 0 Å². The number of aromatic nitrogens is 3. The third-order valence-electron chi connectivity index (χ3n) is 6.00. The zero-order chi connectivity index (χ0) is 26.4. The quantitative estimate of drug-likeness (QED) is 0.362. The maximum Gasteiger partial charge on any atom is 0.418 e. The molecule has 10 heteroatoms. The summed E-state index contributed by atoms with van der Waals surface area (Å²) in [6, 6.07) is 13.4. The molecule has 186 valence electrons. The normalized spacial score (nSPS) is 11.5. The number of carboxylic acids is 1. The summed E-state index contributed by atoms with van der Waals surface area (Å²) in [6.45, 7) is 6.52. The lowest BCUT2D eigenvalue weighted by molar-refractivity contribution is -0.137. The van der Waals surface area contributed by atoms with E-state index in [0.29, 0.717) is 34.2 Å². The van der Waals surface area contributed by atoms with Crippen LogP contribution in [0.5, 0.6) is 0 Å². The van der Waals surface area contributed by atoms with Crippen molar-refractivity contribution in [2.45, 2.75) is 33.9 Å². The molecule has 0 aliphatic carbocycles. The van der Waals surface area contributed by atoms with Crippen LogP contribution in [0.25, 0.3) is 11.4 Å². The fourth-order valence-corrected chi connectivity index (χ4v) is 4.36. The predicted molar refractivity (Wildman–Crippen MR) is 128 cm³/mol. The Bertz CT molecular complexity index is 1480. The molecule has 0 fully saturated rings. The van der Waals surface area contributed by atoms with Gasteiger partial charge in [-0.25, -0.2) is 9.48 Å². The third kappa shape index (κ3) is 4.37. The van der Waals surface area contributed by atoms with Gasteiger partial charge in [-0.15, -0.1) is 0 Å². The van der Waals surface area contributed by atoms with Crippen LogP contribution < -0.4 is 5.32 Å². The molecular formula is C26H23F3N4O3. The number of carbonyl (C=O) groups excluding carboxylic acids is 1. The molecular weight excluding hydrogens is 473 g/mol. The topological polar surface area (TPSA) is 89.2 Å². The lowest BCUT2D eigenvalue weighted by Gasteiger charge is -2.16. The summed E-state index contributed by atoms with van der Waals surface area (Å²) in [5.74, 6) is -1.53. The number of rotatable bonds is 5. The number of carbonyl (C=O) groups is 2. The van der Waals surface area contributed by atoms with Gasteiger partial charge in [0.05, 0.1) is 33.9 Å². The SMILES string of the molecule is Cc1nn(-c2ccc(NC(=O)c3cc(C)n(-c4ccccc4C(F)(F)F)c3C)cc2)c(C)c1C(=O)O. The summed E-state index contributed by atoms with van der Waals surface area (Å²) in [5, 5.41) is 16.4. The van der Waals surface area contributed by atoms with E-state index in [-0.39, 0.29) is 16.8 Å². The van der Waals surface area contributed by atoms with Gasteiger partial charge in [0.15, 0.2) is 0 Å². The van der Waals surface area contributed by atoms with E-state index < -0.39 is 23.6 Å². The van der Waals surface area contributed by atoms with Crippen molar-refractivity contribution < 1.29 is 27.9 Å². The second-order valence-electron chi connectivity index (χ2n) is 8.40. The number of alkyl halides is 3. The first-order valence-corrected chi connectivity index (χ1v) is 11.0. The first kappa shape index (κ1) is 24.8. The fraction of sp³-hybridized carbons (Fsp3) is 0.192. The number of amides is 1.